The molecule has 1 aromatic heterocycles. The first-order chi connectivity index (χ1) is 16.4. The molecule has 0 N–H and O–H groups in total. The molecule has 0 radical (unpaired) electrons. The van der Waals surface area contributed by atoms with Gasteiger partial charge in [-0.1, -0.05) is 46.8 Å². The summed E-state index contributed by atoms with van der Waals surface area (Å²) in [4.78, 5) is 30.2. The van der Waals surface area contributed by atoms with Crippen molar-refractivity contribution in [1.29, 1.82) is 0 Å². The number of hydrogen-bond acceptors (Lipinski definition) is 6. The highest BCUT2D eigenvalue weighted by Crippen LogP contribution is 2.32. The molecule has 0 aliphatic heterocycles. The van der Waals surface area contributed by atoms with Crippen molar-refractivity contribution < 1.29 is 14.3 Å². The normalized spacial score (nSPS) is 15.5. The van der Waals surface area contributed by atoms with Gasteiger partial charge in [0.25, 0.3) is 5.56 Å². The van der Waals surface area contributed by atoms with Gasteiger partial charge < -0.3 is 9.47 Å². The first kappa shape index (κ1) is 24.4. The molecule has 1 atom stereocenters. The zero-order chi connectivity index (χ0) is 24.2. The van der Waals surface area contributed by atoms with Crippen LogP contribution in [0.3, 0.4) is 0 Å². The minimum absolute atomic E-state index is 0.154. The number of rotatable bonds is 6. The minimum atomic E-state index is -0.821. The summed E-state index contributed by atoms with van der Waals surface area (Å²) in [5.41, 5.74) is 0.938. The number of aromatic nitrogens is 2. The van der Waals surface area contributed by atoms with E-state index in [4.69, 9.17) is 26.1 Å². The summed E-state index contributed by atoms with van der Waals surface area (Å²) in [6.45, 7) is 1.60. The third-order valence-electron chi connectivity index (χ3n) is 5.92. The predicted molar refractivity (Wildman–Crippen MR) is 136 cm³/mol. The van der Waals surface area contributed by atoms with Crippen molar-refractivity contribution in [3.63, 3.8) is 0 Å². The van der Waals surface area contributed by atoms with Crippen LogP contribution < -0.4 is 10.3 Å². The van der Waals surface area contributed by atoms with Gasteiger partial charge in [-0.15, -0.1) is 0 Å². The van der Waals surface area contributed by atoms with Crippen molar-refractivity contribution in [2.75, 3.05) is 7.11 Å². The fourth-order valence-electron chi connectivity index (χ4n) is 4.15. The van der Waals surface area contributed by atoms with Crippen LogP contribution in [0.2, 0.25) is 5.02 Å². The summed E-state index contributed by atoms with van der Waals surface area (Å²) in [5, 5.41) is 5.50. The van der Waals surface area contributed by atoms with Crippen LogP contribution in [0.1, 0.15) is 56.3 Å². The van der Waals surface area contributed by atoms with Gasteiger partial charge in [0.2, 0.25) is 0 Å². The van der Waals surface area contributed by atoms with Crippen molar-refractivity contribution in [3.05, 3.63) is 67.6 Å². The van der Waals surface area contributed by atoms with Gasteiger partial charge in [-0.2, -0.15) is 9.78 Å². The molecule has 1 saturated carbocycles. The third-order valence-corrected chi connectivity index (χ3v) is 6.65. The van der Waals surface area contributed by atoms with Gasteiger partial charge in [0.15, 0.2) is 6.10 Å². The Bertz CT molecular complexity index is 1300. The van der Waals surface area contributed by atoms with Crippen LogP contribution in [0.5, 0.6) is 5.75 Å². The van der Waals surface area contributed by atoms with Gasteiger partial charge in [-0.25, -0.2) is 9.78 Å². The highest BCUT2D eigenvalue weighted by atomic mass is 79.9. The Balaban J connectivity index is 1.80. The number of carbonyl (C=O) groups excluding carboxylic acids is 1. The fourth-order valence-corrected chi connectivity index (χ4v) is 4.70. The van der Waals surface area contributed by atoms with Gasteiger partial charge in [0.05, 0.1) is 24.2 Å². The van der Waals surface area contributed by atoms with Crippen molar-refractivity contribution in [2.45, 2.75) is 51.0 Å². The second-order valence-electron chi connectivity index (χ2n) is 8.29. The van der Waals surface area contributed by atoms with Crippen molar-refractivity contribution >= 4 is 50.6 Å². The Hall–Kier alpha value is -2.71. The molecule has 34 heavy (non-hydrogen) atoms. The van der Waals surface area contributed by atoms with E-state index < -0.39 is 12.1 Å². The van der Waals surface area contributed by atoms with Crippen molar-refractivity contribution in [1.82, 2.24) is 9.66 Å². The molecule has 0 amide bonds. The molecule has 1 fully saturated rings. The predicted octanol–water partition coefficient (Wildman–Crippen LogP) is 5.68. The molecule has 178 valence electrons. The number of nitrogens with zero attached hydrogens (tertiary/aromatic N) is 3. The summed E-state index contributed by atoms with van der Waals surface area (Å²) in [7, 11) is 1.30. The molecular formula is C25H25BrClN3O4. The largest absolute Gasteiger partial charge is 0.478 e. The van der Waals surface area contributed by atoms with Crippen LogP contribution in [-0.4, -0.2) is 35.1 Å². The van der Waals surface area contributed by atoms with Gasteiger partial charge in [-0.05, 0) is 56.2 Å². The number of methoxy groups -OCH3 is 1. The second-order valence-corrected chi connectivity index (χ2v) is 9.65. The number of esters is 1. The van der Waals surface area contributed by atoms with Gasteiger partial charge in [0, 0.05) is 21.0 Å². The molecule has 0 spiro atoms. The molecule has 1 aliphatic carbocycles. The third kappa shape index (κ3) is 5.33. The van der Waals surface area contributed by atoms with Gasteiger partial charge in [-0.3, -0.25) is 4.79 Å². The standard InChI is InChI=1S/C25H25BrClN3O4/c1-15(25(32)33-2)34-22-11-9-19(27)12-17(22)14-28-30-23(16-6-4-3-5-7-16)29-21-10-8-18(26)13-20(21)24(30)31/h8-16H,3-7H2,1-2H3/t15-/m1/s1. The fraction of sp³-hybridized carbons (Fsp3) is 0.360. The van der Waals surface area contributed by atoms with Crippen LogP contribution in [-0.2, 0) is 9.53 Å². The Kier molecular flexibility index (Phi) is 7.68. The number of ether oxygens (including phenoxy) is 2. The highest BCUT2D eigenvalue weighted by molar-refractivity contribution is 9.10. The molecule has 4 rings (SSSR count). The molecule has 2 aromatic carbocycles. The van der Waals surface area contributed by atoms with Crippen molar-refractivity contribution in [2.24, 2.45) is 5.10 Å². The topological polar surface area (TPSA) is 82.8 Å². The van der Waals surface area contributed by atoms with E-state index in [0.717, 1.165) is 30.2 Å². The Labute approximate surface area is 210 Å². The van der Waals surface area contributed by atoms with E-state index in [1.807, 2.05) is 12.1 Å². The number of halogens is 2. The summed E-state index contributed by atoms with van der Waals surface area (Å²) >= 11 is 9.65. The van der Waals surface area contributed by atoms with E-state index in [1.165, 1.54) is 24.4 Å². The van der Waals surface area contributed by atoms with Crippen molar-refractivity contribution in [3.8, 4) is 5.75 Å². The molecular weight excluding hydrogens is 522 g/mol. The average Bonchev–Trinajstić information content (AvgIpc) is 2.85. The number of hydrogen-bond donors (Lipinski definition) is 0. The molecule has 0 saturated heterocycles. The quantitative estimate of drug-likeness (QED) is 0.293. The van der Waals surface area contributed by atoms with E-state index in [2.05, 4.69) is 21.0 Å². The van der Waals surface area contributed by atoms with E-state index in [-0.39, 0.29) is 11.5 Å². The highest BCUT2D eigenvalue weighted by Gasteiger charge is 2.23. The molecule has 3 aromatic rings. The summed E-state index contributed by atoms with van der Waals surface area (Å²) < 4.78 is 12.7. The Morgan fingerprint density at radius 1 is 1.24 bits per heavy atom. The lowest BCUT2D eigenvalue weighted by atomic mass is 9.88. The van der Waals surface area contributed by atoms with E-state index in [1.54, 1.807) is 31.2 Å². The monoisotopic (exact) mass is 545 g/mol. The maximum Gasteiger partial charge on any atom is 0.346 e. The lowest BCUT2D eigenvalue weighted by molar-refractivity contribution is -0.147. The number of fused-ring (bicyclic) bond motifs is 1. The van der Waals surface area contributed by atoms with Crippen LogP contribution in [0.15, 0.2) is 50.8 Å². The van der Waals surface area contributed by atoms with Gasteiger partial charge in [0.1, 0.15) is 11.6 Å². The maximum atomic E-state index is 13.5. The van der Waals surface area contributed by atoms with E-state index >= 15 is 0 Å². The SMILES string of the molecule is COC(=O)[C@@H](C)Oc1ccc(Cl)cc1C=Nn1c(C2CCCCC2)nc2ccc(Br)cc2c1=O. The zero-order valence-electron chi connectivity index (χ0n) is 19.0. The van der Waals surface area contributed by atoms with Crippen LogP contribution in [0.4, 0.5) is 0 Å². The molecule has 7 nitrogen and oxygen atoms in total. The smallest absolute Gasteiger partial charge is 0.346 e. The molecule has 0 bridgehead atoms. The molecule has 1 aliphatic rings. The van der Waals surface area contributed by atoms with Crippen LogP contribution in [0, 0.1) is 0 Å². The second kappa shape index (κ2) is 10.7. The van der Waals surface area contributed by atoms with Gasteiger partial charge >= 0.3 is 5.97 Å². The Morgan fingerprint density at radius 3 is 2.74 bits per heavy atom. The average molecular weight is 547 g/mol. The lowest BCUT2D eigenvalue weighted by Crippen LogP contribution is -2.26. The maximum absolute atomic E-state index is 13.5. The Morgan fingerprint density at radius 2 is 2.00 bits per heavy atom. The summed E-state index contributed by atoms with van der Waals surface area (Å²) in [6, 6.07) is 10.5. The van der Waals surface area contributed by atoms with Crippen LogP contribution >= 0.6 is 27.5 Å². The minimum Gasteiger partial charge on any atom is -0.478 e. The number of benzene rings is 2. The lowest BCUT2D eigenvalue weighted by Gasteiger charge is -2.22. The summed E-state index contributed by atoms with van der Waals surface area (Å²) in [6.07, 6.45) is 6.01. The molecule has 1 heterocycles. The molecule has 0 unspecified atom stereocenters. The summed E-state index contributed by atoms with van der Waals surface area (Å²) in [5.74, 6) is 0.706. The number of carbonyl (C=O) groups is 1. The van der Waals surface area contributed by atoms with E-state index in [0.29, 0.717) is 33.1 Å². The van der Waals surface area contributed by atoms with Crippen LogP contribution in [0.25, 0.3) is 10.9 Å². The first-order valence-electron chi connectivity index (χ1n) is 11.2. The first-order valence-corrected chi connectivity index (χ1v) is 12.3. The zero-order valence-corrected chi connectivity index (χ0v) is 21.3. The van der Waals surface area contributed by atoms with E-state index in [9.17, 15) is 9.59 Å². The molecule has 9 heteroatoms.